The van der Waals surface area contributed by atoms with Crippen molar-refractivity contribution >= 4 is 29.0 Å². The Labute approximate surface area is 162 Å². The van der Waals surface area contributed by atoms with Gasteiger partial charge in [-0.1, -0.05) is 41.9 Å². The minimum absolute atomic E-state index is 0.274. The highest BCUT2D eigenvalue weighted by atomic mass is 35.5. The van der Waals surface area contributed by atoms with Gasteiger partial charge in [0, 0.05) is 36.0 Å². The summed E-state index contributed by atoms with van der Waals surface area (Å²) >= 11 is 5.93. The quantitative estimate of drug-likeness (QED) is 0.606. The molecule has 0 aliphatic heterocycles. The molecule has 1 heterocycles. The van der Waals surface area contributed by atoms with Crippen LogP contribution in [-0.4, -0.2) is 36.1 Å². The van der Waals surface area contributed by atoms with E-state index in [1.165, 1.54) is 0 Å². The van der Waals surface area contributed by atoms with Crippen LogP contribution in [0.4, 0.5) is 11.5 Å². The zero-order valence-corrected chi connectivity index (χ0v) is 15.5. The van der Waals surface area contributed by atoms with Crippen molar-refractivity contribution < 1.29 is 9.53 Å². The molecule has 1 aromatic heterocycles. The third-order valence-electron chi connectivity index (χ3n) is 3.70. The van der Waals surface area contributed by atoms with Gasteiger partial charge in [-0.15, -0.1) is 0 Å². The van der Waals surface area contributed by atoms with Gasteiger partial charge in [-0.05, 0) is 24.3 Å². The molecule has 138 valence electrons. The van der Waals surface area contributed by atoms with Gasteiger partial charge in [0.15, 0.2) is 5.82 Å². The first-order valence-electron chi connectivity index (χ1n) is 8.40. The Morgan fingerprint density at radius 3 is 2.52 bits per heavy atom. The molecule has 27 heavy (non-hydrogen) atoms. The first-order valence-corrected chi connectivity index (χ1v) is 8.78. The summed E-state index contributed by atoms with van der Waals surface area (Å²) in [5, 5.41) is 6.61. The van der Waals surface area contributed by atoms with Crippen LogP contribution in [0.15, 0.2) is 60.7 Å². The van der Waals surface area contributed by atoms with E-state index in [-0.39, 0.29) is 11.6 Å². The maximum absolute atomic E-state index is 12.5. The smallest absolute Gasteiger partial charge is 0.270 e. The number of carbonyl (C=O) groups is 1. The molecule has 0 aliphatic rings. The predicted molar refractivity (Wildman–Crippen MR) is 106 cm³/mol. The number of carbonyl (C=O) groups excluding carboxylic acids is 1. The molecule has 6 nitrogen and oxygen atoms in total. The van der Waals surface area contributed by atoms with Gasteiger partial charge in [0.05, 0.1) is 6.61 Å². The molecule has 3 aromatic rings. The van der Waals surface area contributed by atoms with E-state index in [9.17, 15) is 4.79 Å². The zero-order valence-electron chi connectivity index (χ0n) is 14.8. The topological polar surface area (TPSA) is 76.1 Å². The molecule has 0 atom stereocenters. The highest BCUT2D eigenvalue weighted by Gasteiger charge is 2.13. The van der Waals surface area contributed by atoms with E-state index < -0.39 is 0 Å². The molecule has 0 radical (unpaired) electrons. The molecule has 0 unspecified atom stereocenters. The van der Waals surface area contributed by atoms with Crippen molar-refractivity contribution in [2.75, 3.05) is 25.6 Å². The number of methoxy groups -OCH3 is 1. The van der Waals surface area contributed by atoms with Crippen molar-refractivity contribution in [3.63, 3.8) is 0 Å². The fraction of sp³-hybridized carbons (Fsp3) is 0.150. The van der Waals surface area contributed by atoms with Crippen molar-refractivity contribution in [2.24, 2.45) is 0 Å². The maximum atomic E-state index is 12.5. The van der Waals surface area contributed by atoms with E-state index in [1.807, 2.05) is 42.5 Å². The van der Waals surface area contributed by atoms with Gasteiger partial charge in [0.2, 0.25) is 0 Å². The van der Waals surface area contributed by atoms with Crippen molar-refractivity contribution in [3.8, 4) is 11.4 Å². The number of hydrogen-bond donors (Lipinski definition) is 2. The molecular formula is C20H19ClN4O2. The van der Waals surface area contributed by atoms with Gasteiger partial charge < -0.3 is 15.4 Å². The highest BCUT2D eigenvalue weighted by molar-refractivity contribution is 6.30. The van der Waals surface area contributed by atoms with Gasteiger partial charge in [-0.2, -0.15) is 0 Å². The Hall–Kier alpha value is -2.96. The molecule has 2 aromatic carbocycles. The number of rotatable bonds is 7. The largest absolute Gasteiger partial charge is 0.383 e. The number of amides is 1. The highest BCUT2D eigenvalue weighted by Crippen LogP contribution is 2.22. The van der Waals surface area contributed by atoms with E-state index >= 15 is 0 Å². The average molecular weight is 383 g/mol. The van der Waals surface area contributed by atoms with Gasteiger partial charge in [0.25, 0.3) is 5.91 Å². The molecule has 2 N–H and O–H groups in total. The molecule has 0 saturated heterocycles. The minimum Gasteiger partial charge on any atom is -0.383 e. The normalized spacial score (nSPS) is 10.4. The Kier molecular flexibility index (Phi) is 6.35. The molecule has 1 amide bonds. The van der Waals surface area contributed by atoms with Crippen LogP contribution in [0.1, 0.15) is 10.5 Å². The van der Waals surface area contributed by atoms with Crippen LogP contribution >= 0.6 is 11.6 Å². The number of nitrogens with one attached hydrogen (secondary N) is 2. The molecule has 0 bridgehead atoms. The molecular weight excluding hydrogens is 364 g/mol. The van der Waals surface area contributed by atoms with Crippen LogP contribution in [0.5, 0.6) is 0 Å². The SMILES string of the molecule is COCCNC(=O)c1cc(Nc2ccc(Cl)cc2)nc(-c2ccccc2)n1. The van der Waals surface area contributed by atoms with Crippen LogP contribution in [0.3, 0.4) is 0 Å². The lowest BCUT2D eigenvalue weighted by atomic mass is 10.2. The van der Waals surface area contributed by atoms with Crippen LogP contribution in [0, 0.1) is 0 Å². The Morgan fingerprint density at radius 1 is 1.07 bits per heavy atom. The summed E-state index contributed by atoms with van der Waals surface area (Å²) in [7, 11) is 1.58. The Balaban J connectivity index is 1.92. The summed E-state index contributed by atoms with van der Waals surface area (Å²) in [5.41, 5.74) is 1.91. The summed E-state index contributed by atoms with van der Waals surface area (Å²) in [6.07, 6.45) is 0. The second-order valence-electron chi connectivity index (χ2n) is 5.71. The number of halogens is 1. The predicted octanol–water partition coefficient (Wildman–Crippen LogP) is 3.92. The minimum atomic E-state index is -0.286. The molecule has 0 saturated carbocycles. The third kappa shape index (κ3) is 5.26. The van der Waals surface area contributed by atoms with E-state index in [0.717, 1.165) is 11.3 Å². The van der Waals surface area contributed by atoms with Crippen molar-refractivity contribution in [2.45, 2.75) is 0 Å². The van der Waals surface area contributed by atoms with Crippen molar-refractivity contribution in [1.29, 1.82) is 0 Å². The number of benzene rings is 2. The van der Waals surface area contributed by atoms with E-state index in [2.05, 4.69) is 20.6 Å². The first-order chi connectivity index (χ1) is 13.2. The lowest BCUT2D eigenvalue weighted by molar-refractivity contribution is 0.0932. The number of nitrogens with zero attached hydrogens (tertiary/aromatic N) is 2. The lowest BCUT2D eigenvalue weighted by Crippen LogP contribution is -2.28. The Bertz CT molecular complexity index is 902. The Morgan fingerprint density at radius 2 is 1.81 bits per heavy atom. The van der Waals surface area contributed by atoms with Crippen LogP contribution in [-0.2, 0) is 4.74 Å². The molecule has 7 heteroatoms. The standard InChI is InChI=1S/C20H19ClN4O2/c1-27-12-11-22-20(26)17-13-18(23-16-9-7-15(21)8-10-16)25-19(24-17)14-5-3-2-4-6-14/h2-10,13H,11-12H2,1H3,(H,22,26)(H,23,24,25). The van der Waals surface area contributed by atoms with E-state index in [1.54, 1.807) is 25.3 Å². The summed E-state index contributed by atoms with van der Waals surface area (Å²) in [6, 6.07) is 18.4. The van der Waals surface area contributed by atoms with Crippen LogP contribution < -0.4 is 10.6 Å². The van der Waals surface area contributed by atoms with Gasteiger partial charge in [0.1, 0.15) is 11.5 Å². The van der Waals surface area contributed by atoms with E-state index in [4.69, 9.17) is 16.3 Å². The summed E-state index contributed by atoms with van der Waals surface area (Å²) in [4.78, 5) is 21.4. The third-order valence-corrected chi connectivity index (χ3v) is 3.95. The molecule has 0 aliphatic carbocycles. The fourth-order valence-corrected chi connectivity index (χ4v) is 2.51. The molecule has 0 fully saturated rings. The summed E-state index contributed by atoms with van der Waals surface area (Å²) in [5.74, 6) is 0.695. The lowest BCUT2D eigenvalue weighted by Gasteiger charge is -2.11. The monoisotopic (exact) mass is 382 g/mol. The molecule has 3 rings (SSSR count). The van der Waals surface area contributed by atoms with Gasteiger partial charge >= 0.3 is 0 Å². The van der Waals surface area contributed by atoms with Crippen molar-refractivity contribution in [3.05, 3.63) is 71.4 Å². The number of ether oxygens (including phenoxy) is 1. The fourth-order valence-electron chi connectivity index (χ4n) is 2.38. The number of aromatic nitrogens is 2. The number of anilines is 2. The number of hydrogen-bond acceptors (Lipinski definition) is 5. The maximum Gasteiger partial charge on any atom is 0.270 e. The second-order valence-corrected chi connectivity index (χ2v) is 6.15. The van der Waals surface area contributed by atoms with Gasteiger partial charge in [-0.25, -0.2) is 9.97 Å². The second kappa shape index (κ2) is 9.12. The van der Waals surface area contributed by atoms with Crippen LogP contribution in [0.25, 0.3) is 11.4 Å². The summed E-state index contributed by atoms with van der Waals surface area (Å²) in [6.45, 7) is 0.832. The van der Waals surface area contributed by atoms with Gasteiger partial charge in [-0.3, -0.25) is 4.79 Å². The molecule has 0 spiro atoms. The van der Waals surface area contributed by atoms with Crippen LogP contribution in [0.2, 0.25) is 5.02 Å². The average Bonchev–Trinajstić information content (AvgIpc) is 2.70. The summed E-state index contributed by atoms with van der Waals surface area (Å²) < 4.78 is 4.96. The van der Waals surface area contributed by atoms with E-state index in [0.29, 0.717) is 29.8 Å². The first kappa shape index (κ1) is 18.8. The van der Waals surface area contributed by atoms with Crippen molar-refractivity contribution in [1.82, 2.24) is 15.3 Å². The zero-order chi connectivity index (χ0) is 19.1.